The van der Waals surface area contributed by atoms with Crippen LogP contribution < -0.4 is 5.32 Å². The van der Waals surface area contributed by atoms with Crippen molar-refractivity contribution in [3.05, 3.63) is 0 Å². The second kappa shape index (κ2) is 5.82. The average molecular weight is 215 g/mol. The number of carbonyl (C=O) groups excluding carboxylic acids is 1. The molecular formula is C7H12F3NO3. The molecule has 0 bridgehead atoms. The van der Waals surface area contributed by atoms with Gasteiger partial charge in [0.2, 0.25) is 5.91 Å². The molecule has 1 unspecified atom stereocenters. The van der Waals surface area contributed by atoms with Gasteiger partial charge in [0.15, 0.2) is 0 Å². The fourth-order valence-electron chi connectivity index (χ4n) is 0.640. The molecule has 0 radical (unpaired) electrons. The highest BCUT2D eigenvalue weighted by atomic mass is 19.4. The van der Waals surface area contributed by atoms with Crippen LogP contribution in [-0.2, 0) is 4.79 Å². The third-order valence-corrected chi connectivity index (χ3v) is 1.38. The molecule has 0 aromatic heterocycles. The van der Waals surface area contributed by atoms with Crippen LogP contribution in [0.4, 0.5) is 13.2 Å². The maximum atomic E-state index is 11.6. The first kappa shape index (κ1) is 13.2. The molecule has 14 heavy (non-hydrogen) atoms. The molecule has 1 amide bonds. The highest BCUT2D eigenvalue weighted by Gasteiger charge is 2.27. The fourth-order valence-corrected chi connectivity index (χ4v) is 0.640. The predicted octanol–water partition coefficient (Wildman–Crippen LogP) is -0.202. The first-order valence-electron chi connectivity index (χ1n) is 3.97. The van der Waals surface area contributed by atoms with Gasteiger partial charge >= 0.3 is 6.18 Å². The molecule has 0 saturated heterocycles. The van der Waals surface area contributed by atoms with E-state index in [2.05, 4.69) is 5.32 Å². The molecule has 0 aromatic rings. The number of aliphatic hydroxyl groups excluding tert-OH is 2. The molecule has 7 heteroatoms. The Kier molecular flexibility index (Phi) is 5.47. The summed E-state index contributed by atoms with van der Waals surface area (Å²) in [6.45, 7) is -0.785. The van der Waals surface area contributed by atoms with E-state index in [1.54, 1.807) is 0 Å². The highest BCUT2D eigenvalue weighted by Crippen LogP contribution is 2.20. The number of aliphatic hydroxyl groups is 2. The van der Waals surface area contributed by atoms with Crippen LogP contribution in [0.15, 0.2) is 0 Å². The molecule has 84 valence electrons. The molecule has 0 fully saturated rings. The van der Waals surface area contributed by atoms with E-state index in [4.69, 9.17) is 10.2 Å². The van der Waals surface area contributed by atoms with Crippen LogP contribution in [0, 0.1) is 0 Å². The molecule has 0 saturated carbocycles. The first-order chi connectivity index (χ1) is 6.35. The van der Waals surface area contributed by atoms with Crippen LogP contribution in [0.2, 0.25) is 0 Å². The Morgan fingerprint density at radius 2 is 2.00 bits per heavy atom. The molecule has 0 heterocycles. The van der Waals surface area contributed by atoms with Crippen molar-refractivity contribution in [3.8, 4) is 0 Å². The van der Waals surface area contributed by atoms with Gasteiger partial charge in [0.05, 0.1) is 19.1 Å². The summed E-state index contributed by atoms with van der Waals surface area (Å²) in [6.07, 6.45) is -7.34. The molecule has 0 aliphatic carbocycles. The lowest BCUT2D eigenvalue weighted by atomic mass is 10.3. The number of rotatable bonds is 5. The lowest BCUT2D eigenvalue weighted by molar-refractivity contribution is -0.144. The summed E-state index contributed by atoms with van der Waals surface area (Å²) in [5.74, 6) is -0.796. The second-order valence-electron chi connectivity index (χ2n) is 2.76. The summed E-state index contributed by atoms with van der Waals surface area (Å²) < 4.78 is 34.8. The van der Waals surface area contributed by atoms with Crippen LogP contribution in [0.25, 0.3) is 0 Å². The van der Waals surface area contributed by atoms with E-state index in [-0.39, 0.29) is 6.54 Å². The number of amides is 1. The van der Waals surface area contributed by atoms with E-state index in [1.165, 1.54) is 0 Å². The smallest absolute Gasteiger partial charge is 0.389 e. The average Bonchev–Trinajstić information content (AvgIpc) is 2.09. The zero-order valence-electron chi connectivity index (χ0n) is 7.34. The summed E-state index contributed by atoms with van der Waals surface area (Å²) in [4.78, 5) is 10.7. The Morgan fingerprint density at radius 3 is 2.43 bits per heavy atom. The first-order valence-corrected chi connectivity index (χ1v) is 3.97. The quantitative estimate of drug-likeness (QED) is 0.594. The molecule has 0 aliphatic rings. The number of carbonyl (C=O) groups is 1. The summed E-state index contributed by atoms with van der Waals surface area (Å²) in [6, 6.07) is 0. The molecule has 4 nitrogen and oxygen atoms in total. The molecule has 0 aliphatic heterocycles. The largest absolute Gasteiger partial charge is 0.394 e. The zero-order valence-corrected chi connectivity index (χ0v) is 7.34. The molecule has 0 spiro atoms. The van der Waals surface area contributed by atoms with Crippen molar-refractivity contribution in [2.24, 2.45) is 0 Å². The van der Waals surface area contributed by atoms with E-state index < -0.39 is 37.6 Å². The van der Waals surface area contributed by atoms with Crippen molar-refractivity contribution in [2.45, 2.75) is 25.1 Å². The van der Waals surface area contributed by atoms with Gasteiger partial charge in [-0.25, -0.2) is 0 Å². The third-order valence-electron chi connectivity index (χ3n) is 1.38. The van der Waals surface area contributed by atoms with Crippen molar-refractivity contribution in [3.63, 3.8) is 0 Å². The van der Waals surface area contributed by atoms with Gasteiger partial charge in [-0.3, -0.25) is 4.79 Å². The third kappa shape index (κ3) is 7.81. The Bertz CT molecular complexity index is 184. The van der Waals surface area contributed by atoms with Crippen molar-refractivity contribution in [1.29, 1.82) is 0 Å². The number of alkyl halides is 3. The maximum absolute atomic E-state index is 11.6. The van der Waals surface area contributed by atoms with Crippen LogP contribution in [0.5, 0.6) is 0 Å². The van der Waals surface area contributed by atoms with E-state index in [1.807, 2.05) is 0 Å². The summed E-state index contributed by atoms with van der Waals surface area (Å²) >= 11 is 0. The van der Waals surface area contributed by atoms with Gasteiger partial charge in [0, 0.05) is 13.0 Å². The van der Waals surface area contributed by atoms with Gasteiger partial charge in [-0.1, -0.05) is 0 Å². The molecule has 0 rings (SSSR count). The van der Waals surface area contributed by atoms with Gasteiger partial charge in [0.25, 0.3) is 0 Å². The standard InChI is InChI=1S/C7H12F3NO3/c8-7(9,10)2-1-6(14)11-3-5(13)4-12/h5,12-13H,1-4H2,(H,11,14). The Hall–Kier alpha value is -0.820. The van der Waals surface area contributed by atoms with Gasteiger partial charge in [0.1, 0.15) is 0 Å². The summed E-state index contributed by atoms with van der Waals surface area (Å²) in [7, 11) is 0. The van der Waals surface area contributed by atoms with Crippen molar-refractivity contribution in [2.75, 3.05) is 13.2 Å². The van der Waals surface area contributed by atoms with Gasteiger partial charge < -0.3 is 15.5 Å². The minimum atomic E-state index is -4.35. The van der Waals surface area contributed by atoms with E-state index in [0.29, 0.717) is 0 Å². The fraction of sp³-hybridized carbons (Fsp3) is 0.857. The monoisotopic (exact) mass is 215 g/mol. The number of nitrogens with one attached hydrogen (secondary N) is 1. The van der Waals surface area contributed by atoms with E-state index in [9.17, 15) is 18.0 Å². The predicted molar refractivity (Wildman–Crippen MR) is 41.4 cm³/mol. The SMILES string of the molecule is O=C(CCC(F)(F)F)NCC(O)CO. The molecule has 0 aromatic carbocycles. The summed E-state index contributed by atoms with van der Waals surface area (Å²) in [5.41, 5.74) is 0. The zero-order chi connectivity index (χ0) is 11.2. The van der Waals surface area contributed by atoms with Crippen molar-refractivity contribution in [1.82, 2.24) is 5.32 Å². The van der Waals surface area contributed by atoms with Gasteiger partial charge in [-0.2, -0.15) is 13.2 Å². The minimum absolute atomic E-state index is 0.243. The topological polar surface area (TPSA) is 69.6 Å². The number of hydrogen-bond acceptors (Lipinski definition) is 3. The minimum Gasteiger partial charge on any atom is -0.394 e. The molecule has 1 atom stereocenters. The number of hydrogen-bond donors (Lipinski definition) is 3. The molecule has 3 N–H and O–H groups in total. The van der Waals surface area contributed by atoms with Crippen LogP contribution >= 0.6 is 0 Å². The van der Waals surface area contributed by atoms with Gasteiger partial charge in [-0.05, 0) is 0 Å². The lowest BCUT2D eigenvalue weighted by Crippen LogP contribution is -2.34. The second-order valence-corrected chi connectivity index (χ2v) is 2.76. The van der Waals surface area contributed by atoms with Crippen LogP contribution in [-0.4, -0.2) is 41.6 Å². The van der Waals surface area contributed by atoms with E-state index >= 15 is 0 Å². The van der Waals surface area contributed by atoms with Crippen LogP contribution in [0.1, 0.15) is 12.8 Å². The van der Waals surface area contributed by atoms with Crippen molar-refractivity contribution < 1.29 is 28.2 Å². The Labute approximate surface area is 78.7 Å². The van der Waals surface area contributed by atoms with Crippen LogP contribution in [0.3, 0.4) is 0 Å². The Morgan fingerprint density at radius 1 is 1.43 bits per heavy atom. The van der Waals surface area contributed by atoms with E-state index in [0.717, 1.165) is 0 Å². The van der Waals surface area contributed by atoms with Gasteiger partial charge in [-0.15, -0.1) is 0 Å². The maximum Gasteiger partial charge on any atom is 0.389 e. The summed E-state index contributed by atoms with van der Waals surface area (Å²) in [5, 5.41) is 19.1. The number of halogens is 3. The highest BCUT2D eigenvalue weighted by molar-refractivity contribution is 5.75. The Balaban J connectivity index is 3.57. The van der Waals surface area contributed by atoms with Crippen molar-refractivity contribution >= 4 is 5.91 Å². The normalized spacial score (nSPS) is 13.8. The lowest BCUT2D eigenvalue weighted by Gasteiger charge is -2.09. The molecular weight excluding hydrogens is 203 g/mol.